The first-order valence-corrected chi connectivity index (χ1v) is 9.58. The van der Waals surface area contributed by atoms with Crippen molar-refractivity contribution in [3.05, 3.63) is 42.2 Å². The average Bonchev–Trinajstić information content (AvgIpc) is 3.18. The maximum atomic E-state index is 12.7. The van der Waals surface area contributed by atoms with E-state index in [1.165, 1.54) is 0 Å². The number of anilines is 2. The minimum absolute atomic E-state index is 0.299. The van der Waals surface area contributed by atoms with Crippen molar-refractivity contribution in [2.75, 3.05) is 43.1 Å². The summed E-state index contributed by atoms with van der Waals surface area (Å²) in [7, 11) is 0. The maximum Gasteiger partial charge on any atom is 0.274 e. The standard InChI is InChI=1S/C20H24N4O4/c1-2-26-17-6-4-3-5-15(17)22-18(25)16-7-10-21-19(23-16)24-11-8-20(9-12-24)27-13-14-28-20/h3-7,10H,2,8-9,11-14H2,1H3,(H,22,25). The summed E-state index contributed by atoms with van der Waals surface area (Å²) in [5.74, 6) is 0.421. The van der Waals surface area contributed by atoms with Crippen LogP contribution in [0.15, 0.2) is 36.5 Å². The van der Waals surface area contributed by atoms with Crippen molar-refractivity contribution in [2.24, 2.45) is 0 Å². The van der Waals surface area contributed by atoms with Crippen molar-refractivity contribution < 1.29 is 19.0 Å². The third-order valence-electron chi connectivity index (χ3n) is 4.93. The minimum Gasteiger partial charge on any atom is -0.492 e. The number of hydrogen-bond acceptors (Lipinski definition) is 7. The second-order valence-corrected chi connectivity index (χ2v) is 6.72. The van der Waals surface area contributed by atoms with Gasteiger partial charge in [-0.2, -0.15) is 0 Å². The third-order valence-corrected chi connectivity index (χ3v) is 4.93. The van der Waals surface area contributed by atoms with E-state index in [0.717, 1.165) is 25.9 Å². The van der Waals surface area contributed by atoms with Crippen LogP contribution in [0, 0.1) is 0 Å². The van der Waals surface area contributed by atoms with Gasteiger partial charge in [0, 0.05) is 32.1 Å². The molecular formula is C20H24N4O4. The Bertz CT molecular complexity index is 828. The minimum atomic E-state index is -0.450. The van der Waals surface area contributed by atoms with Crippen molar-refractivity contribution in [3.63, 3.8) is 0 Å². The smallest absolute Gasteiger partial charge is 0.274 e. The van der Waals surface area contributed by atoms with E-state index in [-0.39, 0.29) is 5.91 Å². The van der Waals surface area contributed by atoms with Crippen molar-refractivity contribution in [1.29, 1.82) is 0 Å². The summed E-state index contributed by atoms with van der Waals surface area (Å²) in [6.07, 6.45) is 3.13. The molecule has 1 spiro atoms. The van der Waals surface area contributed by atoms with Crippen molar-refractivity contribution in [3.8, 4) is 5.75 Å². The molecule has 2 fully saturated rings. The van der Waals surface area contributed by atoms with Crippen LogP contribution in [0.2, 0.25) is 0 Å². The SMILES string of the molecule is CCOc1ccccc1NC(=O)c1ccnc(N2CCC3(CC2)OCCO3)n1. The van der Waals surface area contributed by atoms with E-state index in [4.69, 9.17) is 14.2 Å². The molecule has 0 radical (unpaired) electrons. The molecule has 8 nitrogen and oxygen atoms in total. The van der Waals surface area contributed by atoms with Gasteiger partial charge >= 0.3 is 0 Å². The van der Waals surface area contributed by atoms with Gasteiger partial charge in [0.2, 0.25) is 5.95 Å². The lowest BCUT2D eigenvalue weighted by Gasteiger charge is -2.37. The van der Waals surface area contributed by atoms with Gasteiger partial charge < -0.3 is 24.4 Å². The Labute approximate surface area is 163 Å². The molecule has 4 rings (SSSR count). The molecule has 2 aliphatic rings. The zero-order valence-electron chi connectivity index (χ0n) is 15.9. The molecule has 2 saturated heterocycles. The fourth-order valence-electron chi connectivity index (χ4n) is 3.50. The lowest BCUT2D eigenvalue weighted by Crippen LogP contribution is -2.45. The Morgan fingerprint density at radius 2 is 1.96 bits per heavy atom. The topological polar surface area (TPSA) is 85.8 Å². The summed E-state index contributed by atoms with van der Waals surface area (Å²) < 4.78 is 17.1. The molecule has 0 bridgehead atoms. The molecule has 2 aromatic rings. The molecule has 1 N–H and O–H groups in total. The average molecular weight is 384 g/mol. The number of aromatic nitrogens is 2. The van der Waals surface area contributed by atoms with Crippen LogP contribution in [0.4, 0.5) is 11.6 Å². The van der Waals surface area contributed by atoms with Crippen LogP contribution in [0.25, 0.3) is 0 Å². The number of hydrogen-bond donors (Lipinski definition) is 1. The van der Waals surface area contributed by atoms with Gasteiger partial charge in [-0.05, 0) is 25.1 Å². The van der Waals surface area contributed by atoms with E-state index in [0.29, 0.717) is 42.9 Å². The summed E-state index contributed by atoms with van der Waals surface area (Å²) in [6, 6.07) is 8.94. The second kappa shape index (κ2) is 8.12. The number of nitrogens with one attached hydrogen (secondary N) is 1. The van der Waals surface area contributed by atoms with E-state index in [1.54, 1.807) is 18.3 Å². The van der Waals surface area contributed by atoms with Crippen LogP contribution >= 0.6 is 0 Å². The first-order valence-electron chi connectivity index (χ1n) is 9.58. The van der Waals surface area contributed by atoms with E-state index in [9.17, 15) is 4.79 Å². The molecule has 1 aromatic carbocycles. The number of piperidine rings is 1. The molecule has 2 aliphatic heterocycles. The highest BCUT2D eigenvalue weighted by atomic mass is 16.7. The molecule has 0 aliphatic carbocycles. The Kier molecular flexibility index (Phi) is 5.40. The van der Waals surface area contributed by atoms with E-state index < -0.39 is 5.79 Å². The Morgan fingerprint density at radius 3 is 2.71 bits per heavy atom. The van der Waals surface area contributed by atoms with Crippen molar-refractivity contribution in [2.45, 2.75) is 25.6 Å². The molecule has 0 saturated carbocycles. The van der Waals surface area contributed by atoms with E-state index >= 15 is 0 Å². The summed E-state index contributed by atoms with van der Waals surface area (Å²) in [5, 5.41) is 2.87. The fourth-order valence-corrected chi connectivity index (χ4v) is 3.50. The van der Waals surface area contributed by atoms with Crippen molar-refractivity contribution in [1.82, 2.24) is 9.97 Å². The predicted octanol–water partition coefficient (Wildman–Crippen LogP) is 2.47. The number of benzene rings is 1. The summed E-state index contributed by atoms with van der Waals surface area (Å²) in [6.45, 7) is 5.16. The predicted molar refractivity (Wildman–Crippen MR) is 104 cm³/mol. The molecule has 8 heteroatoms. The van der Waals surface area contributed by atoms with Gasteiger partial charge in [-0.25, -0.2) is 9.97 Å². The lowest BCUT2D eigenvalue weighted by molar-refractivity contribution is -0.169. The molecular weight excluding hydrogens is 360 g/mol. The Morgan fingerprint density at radius 1 is 1.21 bits per heavy atom. The zero-order valence-corrected chi connectivity index (χ0v) is 15.9. The van der Waals surface area contributed by atoms with Crippen molar-refractivity contribution >= 4 is 17.5 Å². The number of amides is 1. The highest BCUT2D eigenvalue weighted by Gasteiger charge is 2.40. The molecule has 0 unspecified atom stereocenters. The van der Waals surface area contributed by atoms with Gasteiger partial charge in [0.25, 0.3) is 5.91 Å². The summed E-state index contributed by atoms with van der Waals surface area (Å²) in [5.41, 5.74) is 0.926. The number of nitrogens with zero attached hydrogens (tertiary/aromatic N) is 3. The molecule has 148 valence electrons. The molecule has 1 amide bonds. The molecule has 0 atom stereocenters. The largest absolute Gasteiger partial charge is 0.492 e. The molecule has 3 heterocycles. The van der Waals surface area contributed by atoms with Crippen LogP contribution in [0.5, 0.6) is 5.75 Å². The lowest BCUT2D eigenvalue weighted by atomic mass is 10.0. The number of ether oxygens (including phenoxy) is 3. The van der Waals surface area contributed by atoms with Crippen LogP contribution in [0.1, 0.15) is 30.3 Å². The monoisotopic (exact) mass is 384 g/mol. The van der Waals surface area contributed by atoms with Crippen LogP contribution in [-0.4, -0.2) is 54.6 Å². The zero-order chi connectivity index (χ0) is 19.4. The van der Waals surface area contributed by atoms with E-state index in [2.05, 4.69) is 20.2 Å². The highest BCUT2D eigenvalue weighted by Crippen LogP contribution is 2.32. The van der Waals surface area contributed by atoms with Crippen LogP contribution in [-0.2, 0) is 9.47 Å². The fraction of sp³-hybridized carbons (Fsp3) is 0.450. The first-order chi connectivity index (χ1) is 13.7. The number of para-hydroxylation sites is 2. The van der Waals surface area contributed by atoms with Gasteiger partial charge in [-0.15, -0.1) is 0 Å². The quantitative estimate of drug-likeness (QED) is 0.847. The Hall–Kier alpha value is -2.71. The second-order valence-electron chi connectivity index (χ2n) is 6.72. The maximum absolute atomic E-state index is 12.7. The van der Waals surface area contributed by atoms with E-state index in [1.807, 2.05) is 25.1 Å². The third kappa shape index (κ3) is 3.93. The van der Waals surface area contributed by atoms with Gasteiger partial charge in [-0.3, -0.25) is 4.79 Å². The summed E-state index contributed by atoms with van der Waals surface area (Å²) in [4.78, 5) is 23.6. The van der Waals surface area contributed by atoms with Gasteiger partial charge in [0.15, 0.2) is 5.79 Å². The summed E-state index contributed by atoms with van der Waals surface area (Å²) >= 11 is 0. The normalized spacial score (nSPS) is 18.2. The number of rotatable bonds is 5. The molecule has 28 heavy (non-hydrogen) atoms. The molecule has 1 aromatic heterocycles. The highest BCUT2D eigenvalue weighted by molar-refractivity contribution is 6.03. The van der Waals surface area contributed by atoms with Crippen LogP contribution in [0.3, 0.4) is 0 Å². The van der Waals surface area contributed by atoms with Gasteiger partial charge in [0.1, 0.15) is 11.4 Å². The van der Waals surface area contributed by atoms with Gasteiger partial charge in [0.05, 0.1) is 25.5 Å². The first kappa shape index (κ1) is 18.6. The number of carbonyl (C=O) groups excluding carboxylic acids is 1. The number of carbonyl (C=O) groups is 1. The van der Waals surface area contributed by atoms with Crippen LogP contribution < -0.4 is 15.0 Å². The van der Waals surface area contributed by atoms with Gasteiger partial charge in [-0.1, -0.05) is 12.1 Å². The Balaban J connectivity index is 1.44.